The summed E-state index contributed by atoms with van der Waals surface area (Å²) in [7, 11) is 0. The van der Waals surface area contributed by atoms with Crippen LogP contribution in [0.3, 0.4) is 0 Å². The fourth-order valence-electron chi connectivity index (χ4n) is 1.83. The molecule has 0 saturated heterocycles. The molecule has 7 heteroatoms. The van der Waals surface area contributed by atoms with E-state index in [1.165, 1.54) is 0 Å². The maximum atomic E-state index is 13.0. The summed E-state index contributed by atoms with van der Waals surface area (Å²) >= 11 is 0. The van der Waals surface area contributed by atoms with Gasteiger partial charge in [-0.25, -0.2) is 9.38 Å². The van der Waals surface area contributed by atoms with Crippen LogP contribution in [0.15, 0.2) is 53.5 Å². The Labute approximate surface area is 124 Å². The van der Waals surface area contributed by atoms with Gasteiger partial charge in [-0.05, 0) is 29.8 Å². The molecule has 2 aromatic carbocycles. The second kappa shape index (κ2) is 6.46. The smallest absolute Gasteiger partial charge is 0.370 e. The average Bonchev–Trinajstić information content (AvgIpc) is 2.46. The van der Waals surface area contributed by atoms with Crippen molar-refractivity contribution in [2.24, 2.45) is 10.7 Å². The molecule has 0 aliphatic heterocycles. The molecule has 0 saturated carbocycles. The van der Waals surface area contributed by atoms with Crippen LogP contribution in [0.1, 0.15) is 11.1 Å². The third kappa shape index (κ3) is 4.21. The van der Waals surface area contributed by atoms with E-state index in [1.54, 1.807) is 24.3 Å². The Hall–Kier alpha value is -2.57. The topological polar surface area (TPSA) is 50.4 Å². The highest BCUT2D eigenvalue weighted by Gasteiger charge is 2.33. The van der Waals surface area contributed by atoms with Crippen LogP contribution >= 0.6 is 0 Å². The summed E-state index contributed by atoms with van der Waals surface area (Å²) in [5, 5.41) is 2.75. The minimum atomic E-state index is -4.64. The van der Waals surface area contributed by atoms with Gasteiger partial charge in [0.15, 0.2) is 5.96 Å². The number of guanidine groups is 1. The monoisotopic (exact) mass is 311 g/mol. The van der Waals surface area contributed by atoms with E-state index in [0.717, 1.165) is 12.1 Å². The second-order valence-electron chi connectivity index (χ2n) is 4.49. The van der Waals surface area contributed by atoms with E-state index in [9.17, 15) is 17.6 Å². The van der Waals surface area contributed by atoms with Crippen LogP contribution in [-0.4, -0.2) is 5.96 Å². The first kappa shape index (κ1) is 15.8. The molecule has 0 fully saturated rings. The molecule has 0 atom stereocenters. The molecule has 2 aromatic rings. The lowest BCUT2D eigenvalue weighted by atomic mass is 10.1. The molecule has 116 valence electrons. The van der Waals surface area contributed by atoms with Crippen molar-refractivity contribution in [3.8, 4) is 0 Å². The van der Waals surface area contributed by atoms with Gasteiger partial charge in [0, 0.05) is 5.69 Å². The van der Waals surface area contributed by atoms with Crippen molar-refractivity contribution in [2.75, 3.05) is 5.32 Å². The van der Waals surface area contributed by atoms with E-state index in [-0.39, 0.29) is 18.1 Å². The zero-order valence-electron chi connectivity index (χ0n) is 11.4. The molecule has 0 bridgehead atoms. The number of para-hydroxylation sites is 1. The summed E-state index contributed by atoms with van der Waals surface area (Å²) in [5.74, 6) is -0.973. The maximum absolute atomic E-state index is 13.0. The third-order valence-electron chi connectivity index (χ3n) is 2.84. The Morgan fingerprint density at radius 3 is 2.41 bits per heavy atom. The van der Waals surface area contributed by atoms with Crippen molar-refractivity contribution in [1.29, 1.82) is 0 Å². The van der Waals surface area contributed by atoms with Gasteiger partial charge in [0.1, 0.15) is 5.82 Å². The van der Waals surface area contributed by atoms with Crippen LogP contribution in [0.2, 0.25) is 0 Å². The van der Waals surface area contributed by atoms with E-state index >= 15 is 0 Å². The van der Waals surface area contributed by atoms with E-state index in [4.69, 9.17) is 5.73 Å². The number of nitrogens with two attached hydrogens (primary N) is 1. The van der Waals surface area contributed by atoms with Gasteiger partial charge in [-0.15, -0.1) is 0 Å². The van der Waals surface area contributed by atoms with Crippen LogP contribution in [0, 0.1) is 5.82 Å². The quantitative estimate of drug-likeness (QED) is 0.515. The van der Waals surface area contributed by atoms with Crippen molar-refractivity contribution in [3.05, 3.63) is 65.5 Å². The van der Waals surface area contributed by atoms with Crippen molar-refractivity contribution in [2.45, 2.75) is 12.7 Å². The van der Waals surface area contributed by atoms with Crippen LogP contribution < -0.4 is 11.1 Å². The fraction of sp³-hybridized carbons (Fsp3) is 0.133. The first-order valence-electron chi connectivity index (χ1n) is 6.34. The lowest BCUT2D eigenvalue weighted by molar-refractivity contribution is -0.138. The predicted octanol–water partition coefficient (Wildman–Crippen LogP) is 3.77. The molecule has 0 aromatic heterocycles. The summed E-state index contributed by atoms with van der Waals surface area (Å²) in [6.07, 6.45) is -4.64. The lowest BCUT2D eigenvalue weighted by Crippen LogP contribution is -2.22. The zero-order chi connectivity index (χ0) is 16.2. The van der Waals surface area contributed by atoms with Gasteiger partial charge in [-0.1, -0.05) is 24.3 Å². The standard InChI is InChI=1S/C15H13F4N3/c16-11-7-6-10(13(8-11)15(17,18)19)9-21-14(20)22-12-4-2-1-3-5-12/h1-8H,9H2,(H3,20,21,22). The van der Waals surface area contributed by atoms with Gasteiger partial charge in [-0.2, -0.15) is 13.2 Å². The van der Waals surface area contributed by atoms with Crippen molar-refractivity contribution >= 4 is 11.6 Å². The number of anilines is 1. The Bertz CT molecular complexity index is 666. The summed E-state index contributed by atoms with van der Waals surface area (Å²) in [6.45, 7) is -0.305. The highest BCUT2D eigenvalue weighted by atomic mass is 19.4. The number of benzene rings is 2. The third-order valence-corrected chi connectivity index (χ3v) is 2.84. The van der Waals surface area contributed by atoms with E-state index in [2.05, 4.69) is 10.3 Å². The van der Waals surface area contributed by atoms with E-state index in [1.807, 2.05) is 6.07 Å². The Morgan fingerprint density at radius 1 is 1.09 bits per heavy atom. The van der Waals surface area contributed by atoms with Gasteiger partial charge in [0.25, 0.3) is 0 Å². The van der Waals surface area contributed by atoms with Crippen LogP contribution in [0.5, 0.6) is 0 Å². The van der Waals surface area contributed by atoms with E-state index < -0.39 is 17.6 Å². The van der Waals surface area contributed by atoms with Crippen LogP contribution in [0.25, 0.3) is 0 Å². The number of nitrogens with one attached hydrogen (secondary N) is 1. The van der Waals surface area contributed by atoms with Gasteiger partial charge < -0.3 is 11.1 Å². The molecule has 0 spiro atoms. The summed E-state index contributed by atoms with van der Waals surface area (Å²) < 4.78 is 51.5. The molecule has 0 aliphatic rings. The number of alkyl halides is 3. The van der Waals surface area contributed by atoms with Crippen LogP contribution in [-0.2, 0) is 12.7 Å². The number of rotatable bonds is 3. The average molecular weight is 311 g/mol. The normalized spacial score (nSPS) is 12.3. The number of halogens is 4. The minimum absolute atomic E-state index is 0.0244. The van der Waals surface area contributed by atoms with Crippen molar-refractivity contribution in [3.63, 3.8) is 0 Å². The Kier molecular flexibility index (Phi) is 4.65. The first-order chi connectivity index (χ1) is 10.4. The maximum Gasteiger partial charge on any atom is 0.416 e. The van der Waals surface area contributed by atoms with Crippen molar-refractivity contribution in [1.82, 2.24) is 0 Å². The van der Waals surface area contributed by atoms with Gasteiger partial charge >= 0.3 is 6.18 Å². The molecule has 0 heterocycles. The van der Waals surface area contributed by atoms with Gasteiger partial charge in [0.2, 0.25) is 0 Å². The zero-order valence-corrected chi connectivity index (χ0v) is 11.4. The fourth-order valence-corrected chi connectivity index (χ4v) is 1.83. The number of aliphatic imine (C=N–C) groups is 1. The number of hydrogen-bond donors (Lipinski definition) is 2. The Balaban J connectivity index is 2.15. The largest absolute Gasteiger partial charge is 0.416 e. The second-order valence-corrected chi connectivity index (χ2v) is 4.49. The minimum Gasteiger partial charge on any atom is -0.370 e. The predicted molar refractivity (Wildman–Crippen MR) is 76.8 cm³/mol. The van der Waals surface area contributed by atoms with Crippen molar-refractivity contribution < 1.29 is 17.6 Å². The highest BCUT2D eigenvalue weighted by Crippen LogP contribution is 2.32. The lowest BCUT2D eigenvalue weighted by Gasteiger charge is -2.12. The highest BCUT2D eigenvalue weighted by molar-refractivity contribution is 5.92. The molecule has 22 heavy (non-hydrogen) atoms. The molecule has 3 nitrogen and oxygen atoms in total. The summed E-state index contributed by atoms with van der Waals surface area (Å²) in [4.78, 5) is 3.85. The Morgan fingerprint density at radius 2 is 1.77 bits per heavy atom. The molecule has 0 radical (unpaired) electrons. The molecular weight excluding hydrogens is 298 g/mol. The van der Waals surface area contributed by atoms with E-state index in [0.29, 0.717) is 11.8 Å². The molecule has 0 amide bonds. The summed E-state index contributed by atoms with van der Waals surface area (Å²) in [5.41, 5.74) is 5.09. The molecule has 0 aliphatic carbocycles. The SMILES string of the molecule is NC(=NCc1ccc(F)cc1C(F)(F)F)Nc1ccccc1. The van der Waals surface area contributed by atoms with Gasteiger partial charge in [0.05, 0.1) is 12.1 Å². The molecule has 0 unspecified atom stereocenters. The number of nitrogens with zero attached hydrogens (tertiary/aromatic N) is 1. The van der Waals surface area contributed by atoms with Crippen LogP contribution in [0.4, 0.5) is 23.2 Å². The first-order valence-corrected chi connectivity index (χ1v) is 6.34. The summed E-state index contributed by atoms with van der Waals surface area (Å²) in [6, 6.07) is 11.3. The molecule has 3 N–H and O–H groups in total. The van der Waals surface area contributed by atoms with Gasteiger partial charge in [-0.3, -0.25) is 0 Å². The number of hydrogen-bond acceptors (Lipinski definition) is 1. The molecule has 2 rings (SSSR count). The molecular formula is C15H13F4N3.